The number of anilines is 1. The molecule has 0 aliphatic carbocycles. The highest BCUT2D eigenvalue weighted by Crippen LogP contribution is 2.25. The van der Waals surface area contributed by atoms with Gasteiger partial charge in [-0.25, -0.2) is 0 Å². The predicted octanol–water partition coefficient (Wildman–Crippen LogP) is 4.12. The highest BCUT2D eigenvalue weighted by Gasteiger charge is 2.15. The van der Waals surface area contributed by atoms with Gasteiger partial charge < -0.3 is 10.1 Å². The number of aromatic nitrogens is 1. The van der Waals surface area contributed by atoms with Crippen LogP contribution in [0.25, 0.3) is 0 Å². The number of hydrogen-bond donors (Lipinski definition) is 1. The van der Waals surface area contributed by atoms with E-state index in [4.69, 9.17) is 0 Å². The van der Waals surface area contributed by atoms with E-state index >= 15 is 0 Å². The lowest BCUT2D eigenvalue weighted by molar-refractivity contribution is -0.684. The average molecular weight is 349 g/mol. The first-order valence-corrected chi connectivity index (χ1v) is 8.36. The molecule has 4 nitrogen and oxygen atoms in total. The van der Waals surface area contributed by atoms with Crippen LogP contribution >= 0.6 is 0 Å². The monoisotopic (exact) mass is 349 g/mol. The molecule has 0 bridgehead atoms. The Morgan fingerprint density at radius 1 is 1.12 bits per heavy atom. The van der Waals surface area contributed by atoms with Gasteiger partial charge in [-0.1, -0.05) is 26.0 Å². The number of ether oxygens (including phenoxy) is 1. The van der Waals surface area contributed by atoms with Crippen molar-refractivity contribution in [3.8, 4) is 5.75 Å². The molecular weight excluding hydrogens is 326 g/mol. The summed E-state index contributed by atoms with van der Waals surface area (Å²) in [5, 5.41) is 2.61. The summed E-state index contributed by atoms with van der Waals surface area (Å²) in [7, 11) is 0. The van der Waals surface area contributed by atoms with Crippen LogP contribution in [0.3, 0.4) is 0 Å². The van der Waals surface area contributed by atoms with Gasteiger partial charge in [0, 0.05) is 12.1 Å². The van der Waals surface area contributed by atoms with Gasteiger partial charge in [0.15, 0.2) is 12.4 Å². The standard InChI is InChI=1S/C19H22F2N2O2/c1-3-14(4-2)15-9-11-23(12-10-15)13-18(24)22-16-7-5-6-8-17(16)25-19(20)21/h5-12,14,19H,3-4,13H2,1-2H3/p+1. The van der Waals surface area contributed by atoms with Crippen LogP contribution < -0.4 is 14.6 Å². The quantitative estimate of drug-likeness (QED) is 0.729. The van der Waals surface area contributed by atoms with Crippen molar-refractivity contribution in [3.05, 3.63) is 54.4 Å². The molecule has 0 fully saturated rings. The van der Waals surface area contributed by atoms with Crippen molar-refractivity contribution in [2.24, 2.45) is 0 Å². The highest BCUT2D eigenvalue weighted by atomic mass is 19.3. The Hall–Kier alpha value is -2.50. The van der Waals surface area contributed by atoms with Gasteiger partial charge in [0.1, 0.15) is 5.75 Å². The van der Waals surface area contributed by atoms with Gasteiger partial charge in [0.25, 0.3) is 5.91 Å². The van der Waals surface area contributed by atoms with E-state index in [0.29, 0.717) is 5.92 Å². The number of nitrogens with zero attached hydrogens (tertiary/aromatic N) is 1. The number of halogens is 2. The molecule has 25 heavy (non-hydrogen) atoms. The SMILES string of the molecule is CCC(CC)c1cc[n+](CC(=O)Nc2ccccc2OC(F)F)cc1. The second-order valence-electron chi connectivity index (χ2n) is 5.74. The van der Waals surface area contributed by atoms with Gasteiger partial charge in [0.05, 0.1) is 5.69 Å². The molecule has 6 heteroatoms. The number of carbonyl (C=O) groups excluding carboxylic acids is 1. The van der Waals surface area contributed by atoms with Crippen LogP contribution in [0.2, 0.25) is 0 Å². The normalized spacial score (nSPS) is 11.0. The zero-order valence-corrected chi connectivity index (χ0v) is 14.4. The zero-order chi connectivity index (χ0) is 18.2. The number of para-hydroxylation sites is 2. The first-order valence-electron chi connectivity index (χ1n) is 8.36. The van der Waals surface area contributed by atoms with Gasteiger partial charge in [-0.15, -0.1) is 0 Å². The molecule has 1 aromatic carbocycles. The maximum atomic E-state index is 12.4. The minimum atomic E-state index is -2.94. The van der Waals surface area contributed by atoms with E-state index in [-0.39, 0.29) is 23.9 Å². The number of hydrogen-bond acceptors (Lipinski definition) is 2. The van der Waals surface area contributed by atoms with Gasteiger partial charge in [-0.3, -0.25) is 4.79 Å². The lowest BCUT2D eigenvalue weighted by atomic mass is 9.95. The lowest BCUT2D eigenvalue weighted by Gasteiger charge is -2.12. The molecule has 1 amide bonds. The summed E-state index contributed by atoms with van der Waals surface area (Å²) in [6.07, 6.45) is 5.85. The van der Waals surface area contributed by atoms with Crippen molar-refractivity contribution in [1.29, 1.82) is 0 Å². The molecule has 1 aromatic heterocycles. The van der Waals surface area contributed by atoms with E-state index in [1.165, 1.54) is 17.7 Å². The number of alkyl halides is 2. The summed E-state index contributed by atoms with van der Waals surface area (Å²) in [5.41, 5.74) is 1.47. The third-order valence-corrected chi connectivity index (χ3v) is 4.08. The third-order valence-electron chi connectivity index (χ3n) is 4.08. The van der Waals surface area contributed by atoms with Crippen molar-refractivity contribution < 1.29 is 22.9 Å². The third kappa shape index (κ3) is 5.52. The topological polar surface area (TPSA) is 42.2 Å². The molecule has 134 valence electrons. The summed E-state index contributed by atoms with van der Waals surface area (Å²) in [5.74, 6) is 0.146. The fourth-order valence-corrected chi connectivity index (χ4v) is 2.73. The number of carbonyl (C=O) groups is 1. The van der Waals surface area contributed by atoms with Crippen molar-refractivity contribution in [1.82, 2.24) is 0 Å². The zero-order valence-electron chi connectivity index (χ0n) is 14.4. The van der Waals surface area contributed by atoms with E-state index < -0.39 is 6.61 Å². The van der Waals surface area contributed by atoms with Crippen LogP contribution in [0.1, 0.15) is 38.2 Å². The maximum absolute atomic E-state index is 12.4. The summed E-state index contributed by atoms with van der Waals surface area (Å²) >= 11 is 0. The number of pyridine rings is 1. The number of benzene rings is 1. The molecule has 0 unspecified atom stereocenters. The van der Waals surface area contributed by atoms with E-state index in [1.807, 2.05) is 24.5 Å². The Labute approximate surface area is 146 Å². The second kappa shape index (κ2) is 9.11. The highest BCUT2D eigenvalue weighted by molar-refractivity contribution is 5.91. The van der Waals surface area contributed by atoms with Gasteiger partial charge in [0.2, 0.25) is 6.54 Å². The van der Waals surface area contributed by atoms with E-state index in [9.17, 15) is 13.6 Å². The van der Waals surface area contributed by atoms with Crippen molar-refractivity contribution in [2.75, 3.05) is 5.32 Å². The van der Waals surface area contributed by atoms with E-state index in [1.54, 1.807) is 16.7 Å². The molecular formula is C19H23F2N2O2+. The van der Waals surface area contributed by atoms with Crippen LogP contribution in [0, 0.1) is 0 Å². The molecule has 2 rings (SSSR count). The summed E-state index contributed by atoms with van der Waals surface area (Å²) in [6, 6.07) is 10.2. The fraction of sp³-hybridized carbons (Fsp3) is 0.368. The van der Waals surface area contributed by atoms with Crippen molar-refractivity contribution >= 4 is 11.6 Å². The number of rotatable bonds is 8. The van der Waals surface area contributed by atoms with Crippen LogP contribution in [-0.4, -0.2) is 12.5 Å². The summed E-state index contributed by atoms with van der Waals surface area (Å²) in [4.78, 5) is 12.2. The largest absolute Gasteiger partial charge is 0.433 e. The molecule has 0 radical (unpaired) electrons. The fourth-order valence-electron chi connectivity index (χ4n) is 2.73. The molecule has 0 atom stereocenters. The van der Waals surface area contributed by atoms with Crippen LogP contribution in [0.5, 0.6) is 5.75 Å². The smallest absolute Gasteiger partial charge is 0.387 e. The number of nitrogens with one attached hydrogen (secondary N) is 1. The molecule has 0 saturated carbocycles. The average Bonchev–Trinajstić information content (AvgIpc) is 2.59. The van der Waals surface area contributed by atoms with Gasteiger partial charge in [-0.05, 0) is 36.5 Å². The van der Waals surface area contributed by atoms with Crippen LogP contribution in [0.4, 0.5) is 14.5 Å². The first kappa shape index (κ1) is 18.8. The Balaban J connectivity index is 2.01. The number of amides is 1. The maximum Gasteiger partial charge on any atom is 0.387 e. The Morgan fingerprint density at radius 2 is 1.76 bits per heavy atom. The van der Waals surface area contributed by atoms with Crippen molar-refractivity contribution in [3.63, 3.8) is 0 Å². The van der Waals surface area contributed by atoms with Gasteiger partial charge >= 0.3 is 6.61 Å². The Kier molecular flexibility index (Phi) is 6.86. The molecule has 2 aromatic rings. The lowest BCUT2D eigenvalue weighted by Crippen LogP contribution is -2.39. The molecule has 1 N–H and O–H groups in total. The predicted molar refractivity (Wildman–Crippen MR) is 91.7 cm³/mol. The van der Waals surface area contributed by atoms with E-state index in [0.717, 1.165) is 12.8 Å². The summed E-state index contributed by atoms with van der Waals surface area (Å²) < 4.78 is 31.0. The first-order chi connectivity index (χ1) is 12.0. The van der Waals surface area contributed by atoms with Crippen LogP contribution in [0.15, 0.2) is 48.8 Å². The summed E-state index contributed by atoms with van der Waals surface area (Å²) in [6.45, 7) is 1.46. The Bertz CT molecular complexity index is 686. The Morgan fingerprint density at radius 3 is 2.36 bits per heavy atom. The minimum absolute atomic E-state index is 0.0556. The van der Waals surface area contributed by atoms with Crippen LogP contribution in [-0.2, 0) is 11.3 Å². The molecule has 0 spiro atoms. The molecule has 0 aliphatic rings. The second-order valence-corrected chi connectivity index (χ2v) is 5.74. The van der Waals surface area contributed by atoms with Gasteiger partial charge in [-0.2, -0.15) is 13.3 Å². The van der Waals surface area contributed by atoms with Crippen molar-refractivity contribution in [2.45, 2.75) is 45.8 Å². The molecule has 0 saturated heterocycles. The molecule has 1 heterocycles. The minimum Gasteiger partial charge on any atom is -0.433 e. The molecule has 0 aliphatic heterocycles. The van der Waals surface area contributed by atoms with E-state index in [2.05, 4.69) is 23.9 Å².